The second-order valence-corrected chi connectivity index (χ2v) is 6.41. The smallest absolute Gasteiger partial charge is 0.462 e. The number of benzene rings is 1. The fourth-order valence-electron chi connectivity index (χ4n) is 2.53. The minimum absolute atomic E-state index is 0.195. The molecule has 0 aliphatic heterocycles. The molecule has 110 valence electrons. The molecule has 1 fully saturated rings. The van der Waals surface area contributed by atoms with Gasteiger partial charge in [0.15, 0.2) is 0 Å². The molecule has 4 nitrogen and oxygen atoms in total. The second-order valence-electron chi connectivity index (χ2n) is 5.68. The summed E-state index contributed by atoms with van der Waals surface area (Å²) >= 11 is 0. The summed E-state index contributed by atoms with van der Waals surface area (Å²) < 4.78 is 20.9. The molecule has 1 aromatic rings. The van der Waals surface area contributed by atoms with Crippen LogP contribution in [0.4, 0.5) is 0 Å². The van der Waals surface area contributed by atoms with Crippen LogP contribution < -0.4 is 4.74 Å². The summed E-state index contributed by atoms with van der Waals surface area (Å²) in [6, 6.07) is 6.19. The van der Waals surface area contributed by atoms with Gasteiger partial charge < -0.3 is 4.74 Å². The van der Waals surface area contributed by atoms with Crippen molar-refractivity contribution in [2.45, 2.75) is 45.4 Å². The Morgan fingerprint density at radius 3 is 2.50 bits per heavy atom. The Morgan fingerprint density at radius 1 is 1.30 bits per heavy atom. The zero-order chi connectivity index (χ0) is 14.7. The number of para-hydroxylation sites is 1. The quantitative estimate of drug-likeness (QED) is 0.601. The van der Waals surface area contributed by atoms with Gasteiger partial charge in [0.05, 0.1) is 0 Å². The van der Waals surface area contributed by atoms with E-state index in [-0.39, 0.29) is 6.79 Å². The molecule has 1 saturated carbocycles. The van der Waals surface area contributed by atoms with Crippen LogP contribution in [0.15, 0.2) is 18.2 Å². The maximum absolute atomic E-state index is 10.6. The minimum Gasteiger partial charge on any atom is -0.462 e. The monoisotopic (exact) mass is 297 g/mol. The summed E-state index contributed by atoms with van der Waals surface area (Å²) in [5, 5.41) is 0. The van der Waals surface area contributed by atoms with Gasteiger partial charge in [0.2, 0.25) is 6.79 Å². The molecular weight excluding hydrogens is 275 g/mol. The third kappa shape index (κ3) is 3.78. The van der Waals surface area contributed by atoms with Gasteiger partial charge in [-0.1, -0.05) is 43.5 Å². The summed E-state index contributed by atoms with van der Waals surface area (Å²) in [6.45, 7) is 6.25. The maximum Gasteiger partial charge on any atom is 0.698 e. The van der Waals surface area contributed by atoms with Crippen molar-refractivity contribution in [3.05, 3.63) is 29.3 Å². The van der Waals surface area contributed by atoms with E-state index in [1.807, 2.05) is 6.07 Å². The average molecular weight is 297 g/mol. The van der Waals surface area contributed by atoms with Crippen molar-refractivity contribution in [1.29, 1.82) is 0 Å². The fourth-order valence-corrected chi connectivity index (χ4v) is 2.68. The Kier molecular flexibility index (Phi) is 5.14. The van der Waals surface area contributed by atoms with Crippen LogP contribution in [-0.2, 0) is 9.09 Å². The third-order valence-electron chi connectivity index (χ3n) is 3.88. The van der Waals surface area contributed by atoms with E-state index in [0.29, 0.717) is 11.8 Å². The molecule has 1 aliphatic carbocycles. The van der Waals surface area contributed by atoms with Crippen LogP contribution in [0, 0.1) is 5.92 Å². The average Bonchev–Trinajstić information content (AvgIpc) is 3.21. The predicted molar refractivity (Wildman–Crippen MR) is 78.1 cm³/mol. The zero-order valence-electron chi connectivity index (χ0n) is 12.2. The first-order valence-electron chi connectivity index (χ1n) is 7.05. The van der Waals surface area contributed by atoms with Crippen molar-refractivity contribution in [3.63, 3.8) is 0 Å². The number of ether oxygens (including phenoxy) is 1. The lowest BCUT2D eigenvalue weighted by atomic mass is 9.90. The van der Waals surface area contributed by atoms with Gasteiger partial charge in [0.25, 0.3) is 0 Å². The number of rotatable bonds is 7. The second kappa shape index (κ2) is 6.66. The van der Waals surface area contributed by atoms with E-state index in [9.17, 15) is 4.57 Å². The SMILES string of the molecule is CC(C)c1cccc([C@H](C)C2CC2)c1OCO[P+](=O)O. The van der Waals surface area contributed by atoms with Gasteiger partial charge in [-0.05, 0) is 41.7 Å². The first-order chi connectivity index (χ1) is 9.50. The largest absolute Gasteiger partial charge is 0.698 e. The molecule has 0 radical (unpaired) electrons. The highest BCUT2D eigenvalue weighted by molar-refractivity contribution is 7.32. The van der Waals surface area contributed by atoms with Gasteiger partial charge in [-0.3, -0.25) is 0 Å². The predicted octanol–water partition coefficient (Wildman–Crippen LogP) is 4.33. The van der Waals surface area contributed by atoms with Crippen LogP contribution in [0.3, 0.4) is 0 Å². The molecule has 0 spiro atoms. The Hall–Kier alpha value is -0.960. The van der Waals surface area contributed by atoms with Crippen molar-refractivity contribution >= 4 is 8.25 Å². The highest BCUT2D eigenvalue weighted by Gasteiger charge is 2.31. The van der Waals surface area contributed by atoms with Crippen molar-refractivity contribution in [3.8, 4) is 5.75 Å². The molecular formula is C15H22O4P+. The van der Waals surface area contributed by atoms with Crippen LogP contribution in [0.25, 0.3) is 0 Å². The topological polar surface area (TPSA) is 55.8 Å². The van der Waals surface area contributed by atoms with Gasteiger partial charge in [0, 0.05) is 4.57 Å². The first-order valence-corrected chi connectivity index (χ1v) is 8.18. The van der Waals surface area contributed by atoms with E-state index in [1.165, 1.54) is 18.4 Å². The normalized spacial score (nSPS) is 17.1. The summed E-state index contributed by atoms with van der Waals surface area (Å²) in [7, 11) is -2.62. The van der Waals surface area contributed by atoms with Crippen molar-refractivity contribution < 1.29 is 18.7 Å². The molecule has 5 heteroatoms. The van der Waals surface area contributed by atoms with Gasteiger partial charge in [-0.2, -0.15) is 0 Å². The van der Waals surface area contributed by atoms with Crippen LogP contribution in [0.1, 0.15) is 56.6 Å². The molecule has 0 bridgehead atoms. The fraction of sp³-hybridized carbons (Fsp3) is 0.600. The van der Waals surface area contributed by atoms with E-state index in [0.717, 1.165) is 17.2 Å². The Bertz CT molecular complexity index is 483. The van der Waals surface area contributed by atoms with E-state index in [4.69, 9.17) is 9.63 Å². The molecule has 0 heterocycles. The van der Waals surface area contributed by atoms with E-state index in [2.05, 4.69) is 37.4 Å². The van der Waals surface area contributed by atoms with E-state index >= 15 is 0 Å². The van der Waals surface area contributed by atoms with Crippen LogP contribution in [0.5, 0.6) is 5.75 Å². The lowest BCUT2D eigenvalue weighted by Crippen LogP contribution is -2.07. The van der Waals surface area contributed by atoms with Crippen LogP contribution in [0.2, 0.25) is 0 Å². The molecule has 0 aromatic heterocycles. The molecule has 2 atom stereocenters. The molecule has 0 saturated heterocycles. The van der Waals surface area contributed by atoms with Gasteiger partial charge >= 0.3 is 8.25 Å². The van der Waals surface area contributed by atoms with Crippen molar-refractivity contribution in [2.75, 3.05) is 6.79 Å². The number of hydrogen-bond donors (Lipinski definition) is 1. The molecule has 1 N–H and O–H groups in total. The van der Waals surface area contributed by atoms with Crippen LogP contribution >= 0.6 is 8.25 Å². The molecule has 1 aliphatic rings. The van der Waals surface area contributed by atoms with Crippen LogP contribution in [-0.4, -0.2) is 11.7 Å². The number of hydrogen-bond acceptors (Lipinski definition) is 3. The third-order valence-corrected chi connectivity index (χ3v) is 4.21. The zero-order valence-corrected chi connectivity index (χ0v) is 13.1. The van der Waals surface area contributed by atoms with E-state index < -0.39 is 8.25 Å². The molecule has 1 unspecified atom stereocenters. The highest BCUT2D eigenvalue weighted by atomic mass is 31.1. The van der Waals surface area contributed by atoms with Gasteiger partial charge in [-0.15, -0.1) is 4.89 Å². The van der Waals surface area contributed by atoms with Gasteiger partial charge in [-0.25, -0.2) is 0 Å². The summed E-state index contributed by atoms with van der Waals surface area (Å²) in [6.07, 6.45) is 2.54. The molecule has 2 rings (SSSR count). The molecule has 1 aromatic carbocycles. The molecule has 20 heavy (non-hydrogen) atoms. The Balaban J connectivity index is 2.24. The van der Waals surface area contributed by atoms with E-state index in [1.54, 1.807) is 0 Å². The summed E-state index contributed by atoms with van der Waals surface area (Å²) in [5.74, 6) is 2.33. The minimum atomic E-state index is -2.62. The standard InChI is InChI=1S/C15H21O4P/c1-10(2)13-5-4-6-14(11(3)12-7-8-12)15(13)18-9-19-20(16)17/h4-6,10-12H,7-9H2,1-3H3/p+1/t11-/m1/s1. The lowest BCUT2D eigenvalue weighted by Gasteiger charge is -2.20. The Labute approximate surface area is 121 Å². The highest BCUT2D eigenvalue weighted by Crippen LogP contribution is 2.46. The Morgan fingerprint density at radius 2 is 1.95 bits per heavy atom. The first kappa shape index (κ1) is 15.4. The van der Waals surface area contributed by atoms with Crippen molar-refractivity contribution in [2.24, 2.45) is 5.92 Å². The van der Waals surface area contributed by atoms with Crippen molar-refractivity contribution in [1.82, 2.24) is 0 Å². The lowest BCUT2D eigenvalue weighted by molar-refractivity contribution is 0.112. The van der Waals surface area contributed by atoms with Gasteiger partial charge in [0.1, 0.15) is 5.75 Å². The summed E-state index contributed by atoms with van der Waals surface area (Å²) in [5.41, 5.74) is 2.29. The summed E-state index contributed by atoms with van der Waals surface area (Å²) in [4.78, 5) is 8.69. The molecule has 0 amide bonds. The maximum atomic E-state index is 10.6.